The number of aromatic amines is 1. The van der Waals surface area contributed by atoms with Gasteiger partial charge in [-0.05, 0) is 36.4 Å². The maximum absolute atomic E-state index is 12.0. The van der Waals surface area contributed by atoms with E-state index < -0.39 is 0 Å². The van der Waals surface area contributed by atoms with E-state index in [0.717, 1.165) is 10.9 Å². The van der Waals surface area contributed by atoms with Crippen molar-refractivity contribution in [1.82, 2.24) is 10.3 Å². The second-order valence-corrected chi connectivity index (χ2v) is 5.63. The van der Waals surface area contributed by atoms with Crippen LogP contribution in [0.5, 0.6) is 0 Å². The van der Waals surface area contributed by atoms with Crippen LogP contribution in [0.15, 0.2) is 29.1 Å². The first-order valence-electron chi connectivity index (χ1n) is 6.98. The molecular weight excluding hydrogens is 252 g/mol. The van der Waals surface area contributed by atoms with Gasteiger partial charge in [0, 0.05) is 23.7 Å². The molecule has 0 saturated heterocycles. The minimum atomic E-state index is -0.0747. The lowest BCUT2D eigenvalue weighted by molar-refractivity contribution is 0.210. The number of fused-ring (bicyclic) bond motifs is 1. The molecule has 0 amide bonds. The van der Waals surface area contributed by atoms with Crippen molar-refractivity contribution in [2.45, 2.75) is 33.4 Å². The van der Waals surface area contributed by atoms with E-state index in [2.05, 4.69) is 16.4 Å². The van der Waals surface area contributed by atoms with Crippen LogP contribution >= 0.6 is 0 Å². The fourth-order valence-electron chi connectivity index (χ4n) is 2.25. The number of aliphatic hydroxyl groups excluding tert-OH is 1. The summed E-state index contributed by atoms with van der Waals surface area (Å²) < 4.78 is 0. The quantitative estimate of drug-likeness (QED) is 0.780. The Labute approximate surface area is 118 Å². The Hall–Kier alpha value is -1.65. The van der Waals surface area contributed by atoms with Gasteiger partial charge in [0.2, 0.25) is 0 Å². The van der Waals surface area contributed by atoms with E-state index in [0.29, 0.717) is 18.0 Å². The second kappa shape index (κ2) is 6.20. The first kappa shape index (κ1) is 14.8. The highest BCUT2D eigenvalue weighted by molar-refractivity contribution is 5.79. The molecule has 0 radical (unpaired) electrons. The Kier molecular flexibility index (Phi) is 4.57. The largest absolute Gasteiger partial charge is 0.395 e. The van der Waals surface area contributed by atoms with E-state index in [1.165, 1.54) is 5.56 Å². The van der Waals surface area contributed by atoms with Gasteiger partial charge in [0.25, 0.3) is 5.56 Å². The molecule has 1 heterocycles. The first-order chi connectivity index (χ1) is 9.51. The van der Waals surface area contributed by atoms with Crippen LogP contribution in [0, 0.1) is 12.8 Å². The number of hydrogen-bond donors (Lipinski definition) is 3. The number of rotatable bonds is 5. The Balaban J connectivity index is 2.25. The van der Waals surface area contributed by atoms with Crippen LogP contribution in [-0.4, -0.2) is 22.7 Å². The van der Waals surface area contributed by atoms with Gasteiger partial charge >= 0.3 is 0 Å². The van der Waals surface area contributed by atoms with Crippen molar-refractivity contribution in [3.05, 3.63) is 45.7 Å². The van der Waals surface area contributed by atoms with E-state index >= 15 is 0 Å². The number of benzene rings is 1. The molecule has 0 aliphatic carbocycles. The van der Waals surface area contributed by atoms with Gasteiger partial charge in [0.1, 0.15) is 0 Å². The molecule has 4 heteroatoms. The van der Waals surface area contributed by atoms with Gasteiger partial charge < -0.3 is 15.4 Å². The lowest BCUT2D eigenvalue weighted by atomic mass is 10.0. The third-order valence-corrected chi connectivity index (χ3v) is 3.63. The summed E-state index contributed by atoms with van der Waals surface area (Å²) in [6.45, 7) is 6.65. The zero-order valence-electron chi connectivity index (χ0n) is 12.2. The molecule has 0 fully saturated rings. The predicted molar refractivity (Wildman–Crippen MR) is 81.9 cm³/mol. The Morgan fingerprint density at radius 3 is 2.70 bits per heavy atom. The minimum absolute atomic E-state index is 0.00241. The summed E-state index contributed by atoms with van der Waals surface area (Å²) in [4.78, 5) is 14.9. The van der Waals surface area contributed by atoms with Crippen LogP contribution in [0.3, 0.4) is 0 Å². The summed E-state index contributed by atoms with van der Waals surface area (Å²) >= 11 is 0. The molecule has 0 bridgehead atoms. The SMILES string of the molecule is Cc1ccc2[nH]c(=O)c(CN[C@H](CO)C(C)C)cc2c1. The van der Waals surface area contributed by atoms with Gasteiger partial charge in [0.05, 0.1) is 6.61 Å². The van der Waals surface area contributed by atoms with E-state index in [9.17, 15) is 9.90 Å². The van der Waals surface area contributed by atoms with Crippen LogP contribution in [0.2, 0.25) is 0 Å². The molecule has 20 heavy (non-hydrogen) atoms. The van der Waals surface area contributed by atoms with Crippen molar-refractivity contribution in [3.8, 4) is 0 Å². The molecule has 2 aromatic rings. The highest BCUT2D eigenvalue weighted by Gasteiger charge is 2.12. The zero-order valence-corrected chi connectivity index (χ0v) is 12.2. The molecular formula is C16H22N2O2. The highest BCUT2D eigenvalue weighted by Crippen LogP contribution is 2.13. The molecule has 0 unspecified atom stereocenters. The fraction of sp³-hybridized carbons (Fsp3) is 0.438. The standard InChI is InChI=1S/C16H22N2O2/c1-10(2)15(9-19)17-8-13-7-12-6-11(3)4-5-14(12)18-16(13)20/h4-7,10,15,17,19H,8-9H2,1-3H3,(H,18,20)/t15-/m1/s1. The average Bonchev–Trinajstić information content (AvgIpc) is 2.40. The number of H-pyrrole nitrogens is 1. The smallest absolute Gasteiger partial charge is 0.252 e. The van der Waals surface area contributed by atoms with Crippen LogP contribution in [0.25, 0.3) is 10.9 Å². The maximum atomic E-state index is 12.0. The highest BCUT2D eigenvalue weighted by atomic mass is 16.3. The van der Waals surface area contributed by atoms with Gasteiger partial charge in [-0.1, -0.05) is 25.5 Å². The molecule has 0 aliphatic rings. The topological polar surface area (TPSA) is 65.1 Å². The van der Waals surface area contributed by atoms with Gasteiger partial charge in [-0.15, -0.1) is 0 Å². The summed E-state index contributed by atoms with van der Waals surface area (Å²) in [6.07, 6.45) is 0. The van der Waals surface area contributed by atoms with Crippen LogP contribution < -0.4 is 10.9 Å². The summed E-state index contributed by atoms with van der Waals surface area (Å²) in [5.74, 6) is 0.321. The Morgan fingerprint density at radius 1 is 1.30 bits per heavy atom. The molecule has 2 rings (SSSR count). The van der Waals surface area contributed by atoms with E-state index in [-0.39, 0.29) is 18.2 Å². The molecule has 108 valence electrons. The van der Waals surface area contributed by atoms with Gasteiger partial charge in [0.15, 0.2) is 0 Å². The molecule has 0 aliphatic heterocycles. The molecule has 4 nitrogen and oxygen atoms in total. The van der Waals surface area contributed by atoms with Crippen molar-refractivity contribution in [3.63, 3.8) is 0 Å². The van der Waals surface area contributed by atoms with Gasteiger partial charge in [-0.3, -0.25) is 4.79 Å². The van der Waals surface area contributed by atoms with Crippen LogP contribution in [0.4, 0.5) is 0 Å². The van der Waals surface area contributed by atoms with Crippen molar-refractivity contribution < 1.29 is 5.11 Å². The summed E-state index contributed by atoms with van der Waals surface area (Å²) in [5.41, 5.74) is 2.64. The van der Waals surface area contributed by atoms with E-state index in [1.807, 2.05) is 39.0 Å². The van der Waals surface area contributed by atoms with Gasteiger partial charge in [-0.25, -0.2) is 0 Å². The molecule has 0 spiro atoms. The average molecular weight is 274 g/mol. The monoisotopic (exact) mass is 274 g/mol. The third kappa shape index (κ3) is 3.26. The summed E-state index contributed by atoms with van der Waals surface area (Å²) in [7, 11) is 0. The van der Waals surface area contributed by atoms with Gasteiger partial charge in [-0.2, -0.15) is 0 Å². The lowest BCUT2D eigenvalue weighted by Crippen LogP contribution is -2.37. The molecule has 1 aromatic carbocycles. The predicted octanol–water partition coefficient (Wildman–Crippen LogP) is 1.94. The first-order valence-corrected chi connectivity index (χ1v) is 6.98. The summed E-state index contributed by atoms with van der Waals surface area (Å²) in [5, 5.41) is 13.6. The lowest BCUT2D eigenvalue weighted by Gasteiger charge is -2.19. The Bertz CT molecular complexity index is 646. The minimum Gasteiger partial charge on any atom is -0.395 e. The number of aryl methyl sites for hydroxylation is 1. The zero-order chi connectivity index (χ0) is 14.7. The third-order valence-electron chi connectivity index (χ3n) is 3.63. The number of pyridine rings is 1. The number of nitrogens with one attached hydrogen (secondary N) is 2. The second-order valence-electron chi connectivity index (χ2n) is 5.63. The number of aromatic nitrogens is 1. The normalized spacial score (nSPS) is 13.1. The maximum Gasteiger partial charge on any atom is 0.252 e. The van der Waals surface area contributed by atoms with Crippen LogP contribution in [-0.2, 0) is 6.54 Å². The van der Waals surface area contributed by atoms with Crippen LogP contribution in [0.1, 0.15) is 25.0 Å². The van der Waals surface area contributed by atoms with Crippen molar-refractivity contribution in [2.24, 2.45) is 5.92 Å². The fourth-order valence-corrected chi connectivity index (χ4v) is 2.25. The van der Waals surface area contributed by atoms with E-state index in [4.69, 9.17) is 0 Å². The molecule has 1 aromatic heterocycles. The van der Waals surface area contributed by atoms with Crippen molar-refractivity contribution >= 4 is 10.9 Å². The molecule has 3 N–H and O–H groups in total. The molecule has 1 atom stereocenters. The summed E-state index contributed by atoms with van der Waals surface area (Å²) in [6, 6.07) is 7.89. The molecule has 0 saturated carbocycles. The number of hydrogen-bond acceptors (Lipinski definition) is 3. The number of aliphatic hydroxyl groups is 1. The Morgan fingerprint density at radius 2 is 2.05 bits per heavy atom. The van der Waals surface area contributed by atoms with Crippen molar-refractivity contribution in [2.75, 3.05) is 6.61 Å². The van der Waals surface area contributed by atoms with E-state index in [1.54, 1.807) is 0 Å². The van der Waals surface area contributed by atoms with Crippen molar-refractivity contribution in [1.29, 1.82) is 0 Å².